The Morgan fingerprint density at radius 2 is 1.89 bits per heavy atom. The molecule has 1 heterocycles. The van der Waals surface area contributed by atoms with E-state index in [-0.39, 0.29) is 29.0 Å². The van der Waals surface area contributed by atoms with Crippen molar-refractivity contribution in [1.82, 2.24) is 15.1 Å². The van der Waals surface area contributed by atoms with Crippen LogP contribution in [0.25, 0.3) is 0 Å². The summed E-state index contributed by atoms with van der Waals surface area (Å²) >= 11 is 0. The lowest BCUT2D eigenvalue weighted by atomic mass is 9.82. The highest BCUT2D eigenvalue weighted by molar-refractivity contribution is 7.92. The minimum atomic E-state index is -5.46. The zero-order valence-electron chi connectivity index (χ0n) is 20.6. The molecule has 4 unspecified atom stereocenters. The van der Waals surface area contributed by atoms with Crippen molar-refractivity contribution in [2.75, 3.05) is 12.4 Å². The molecule has 4 rings (SSSR count). The fourth-order valence-corrected chi connectivity index (χ4v) is 5.71. The van der Waals surface area contributed by atoms with Gasteiger partial charge < -0.3 is 21.4 Å². The lowest BCUT2D eigenvalue weighted by Gasteiger charge is -2.36. The first kappa shape index (κ1) is 27.1. The molecule has 37 heavy (non-hydrogen) atoms. The van der Waals surface area contributed by atoms with E-state index in [0.29, 0.717) is 12.1 Å². The number of sulfone groups is 1. The molecule has 0 saturated heterocycles. The maximum Gasteiger partial charge on any atom is 0.501 e. The first-order chi connectivity index (χ1) is 17.4. The van der Waals surface area contributed by atoms with E-state index in [1.807, 2.05) is 6.21 Å². The van der Waals surface area contributed by atoms with Gasteiger partial charge in [-0.2, -0.15) is 18.3 Å². The third kappa shape index (κ3) is 5.98. The van der Waals surface area contributed by atoms with E-state index < -0.39 is 26.1 Å². The summed E-state index contributed by atoms with van der Waals surface area (Å²) in [5.74, 6) is 0.229. The van der Waals surface area contributed by atoms with Gasteiger partial charge in [0.05, 0.1) is 10.9 Å². The molecule has 2 saturated carbocycles. The monoisotopic (exact) mass is 540 g/mol. The molecule has 202 valence electrons. The van der Waals surface area contributed by atoms with Crippen LogP contribution in [-0.2, 0) is 9.84 Å². The number of rotatable bonds is 9. The molecule has 13 heteroatoms. The van der Waals surface area contributed by atoms with Gasteiger partial charge in [0, 0.05) is 43.1 Å². The summed E-state index contributed by atoms with van der Waals surface area (Å²) in [5, 5.41) is 11.2. The number of halogens is 3. The number of hydrogen-bond donors (Lipinski definition) is 3. The number of amides is 1. The van der Waals surface area contributed by atoms with Gasteiger partial charge in [0.2, 0.25) is 0 Å². The molecule has 2 aliphatic carbocycles. The van der Waals surface area contributed by atoms with Crippen molar-refractivity contribution < 1.29 is 26.4 Å². The van der Waals surface area contributed by atoms with Gasteiger partial charge in [-0.25, -0.2) is 8.42 Å². The summed E-state index contributed by atoms with van der Waals surface area (Å²) in [6, 6.07) is 4.80. The molecule has 1 aromatic carbocycles. The molecule has 2 aromatic rings. The lowest BCUT2D eigenvalue weighted by molar-refractivity contribution is -0.0436. The Kier molecular flexibility index (Phi) is 7.65. The van der Waals surface area contributed by atoms with Crippen molar-refractivity contribution in [3.05, 3.63) is 36.0 Å². The molecular weight excluding hydrogens is 509 g/mol. The van der Waals surface area contributed by atoms with Crippen LogP contribution in [0.2, 0.25) is 0 Å². The van der Waals surface area contributed by atoms with Crippen molar-refractivity contribution in [2.24, 2.45) is 22.6 Å². The molecule has 1 aromatic heterocycles. The Hall–Kier alpha value is -2.93. The number of hydrogen-bond acceptors (Lipinski definition) is 7. The number of benzene rings is 1. The molecule has 9 nitrogen and oxygen atoms in total. The molecule has 4 atom stereocenters. The van der Waals surface area contributed by atoms with Crippen molar-refractivity contribution in [2.45, 2.75) is 67.6 Å². The number of alkyl halides is 3. The molecule has 4 N–H and O–H groups in total. The van der Waals surface area contributed by atoms with Crippen LogP contribution in [0, 0.1) is 11.8 Å². The second-order valence-electron chi connectivity index (χ2n) is 9.78. The number of aliphatic imine (C=N–C) groups is 1. The van der Waals surface area contributed by atoms with Crippen LogP contribution in [0.3, 0.4) is 0 Å². The molecule has 0 bridgehead atoms. The molecule has 0 aliphatic heterocycles. The van der Waals surface area contributed by atoms with Crippen LogP contribution in [0.4, 0.5) is 24.7 Å². The number of primary amides is 1. The number of nitrogens with two attached hydrogens (primary N) is 1. The molecule has 2 aliphatic rings. The van der Waals surface area contributed by atoms with E-state index in [0.717, 1.165) is 37.3 Å². The zero-order chi connectivity index (χ0) is 27.0. The average Bonchev–Trinajstić information content (AvgIpc) is 3.60. The highest BCUT2D eigenvalue weighted by Gasteiger charge is 2.46. The van der Waals surface area contributed by atoms with Gasteiger partial charge in [-0.15, -0.1) is 0 Å². The third-order valence-corrected chi connectivity index (χ3v) is 8.60. The largest absolute Gasteiger partial charge is 0.501 e. The van der Waals surface area contributed by atoms with Gasteiger partial charge >= 0.3 is 5.51 Å². The normalized spacial score (nSPS) is 23.8. The first-order valence-electron chi connectivity index (χ1n) is 12.2. The Labute approximate surface area is 213 Å². The molecular formula is C24H31F3N6O3S. The summed E-state index contributed by atoms with van der Waals surface area (Å²) in [4.78, 5) is 15.5. The van der Waals surface area contributed by atoms with Crippen LogP contribution in [-0.4, -0.2) is 55.0 Å². The SMILES string of the molecule is CN=CC1CC(NC(C)C2CC2)CCC1n1cc(C(N)=O)c(Nc2ccc(S(=O)(=O)C(F)(F)F)cc2)n1. The first-order valence-corrected chi connectivity index (χ1v) is 13.6. The quantitative estimate of drug-likeness (QED) is 0.415. The number of nitrogens with zero attached hydrogens (tertiary/aromatic N) is 3. The maximum absolute atomic E-state index is 12.8. The van der Waals surface area contributed by atoms with E-state index >= 15 is 0 Å². The molecule has 1 amide bonds. The summed E-state index contributed by atoms with van der Waals surface area (Å²) in [6.45, 7) is 2.22. The Morgan fingerprint density at radius 1 is 1.22 bits per heavy atom. The standard InChI is InChI=1S/C24H31F3N6O3S/c1-14(15-3-4-15)30-18-7-10-21(16(11-18)12-29-2)33-13-20(22(28)34)23(32-33)31-17-5-8-19(9-6-17)37(35,36)24(25,26)27/h5-6,8-9,12-16,18,21,30H,3-4,7,10-11H2,1-2H3,(H2,28,34)(H,31,32). The van der Waals surface area contributed by atoms with E-state index in [1.165, 1.54) is 25.0 Å². The molecule has 0 radical (unpaired) electrons. The summed E-state index contributed by atoms with van der Waals surface area (Å²) in [5.41, 5.74) is 0.537. The second kappa shape index (κ2) is 10.4. The third-order valence-electron chi connectivity index (χ3n) is 7.10. The van der Waals surface area contributed by atoms with Crippen molar-refractivity contribution in [3.63, 3.8) is 0 Å². The van der Waals surface area contributed by atoms with Gasteiger partial charge in [0.25, 0.3) is 15.7 Å². The fraction of sp³-hybridized carbons (Fsp3) is 0.542. The lowest BCUT2D eigenvalue weighted by Crippen LogP contribution is -2.43. The number of carbonyl (C=O) groups excluding carboxylic acids is 1. The number of carbonyl (C=O) groups is 1. The van der Waals surface area contributed by atoms with Crippen LogP contribution in [0.15, 0.2) is 40.4 Å². The van der Waals surface area contributed by atoms with Gasteiger partial charge in [-0.1, -0.05) is 0 Å². The number of anilines is 2. The highest BCUT2D eigenvalue weighted by atomic mass is 32.2. The van der Waals surface area contributed by atoms with Crippen LogP contribution >= 0.6 is 0 Å². The number of nitrogens with one attached hydrogen (secondary N) is 2. The van der Waals surface area contributed by atoms with E-state index in [9.17, 15) is 26.4 Å². The Morgan fingerprint density at radius 3 is 2.46 bits per heavy atom. The minimum absolute atomic E-state index is 0.0639. The highest BCUT2D eigenvalue weighted by Crippen LogP contribution is 2.37. The van der Waals surface area contributed by atoms with Crippen molar-refractivity contribution >= 4 is 33.5 Å². The predicted molar refractivity (Wildman–Crippen MR) is 134 cm³/mol. The van der Waals surface area contributed by atoms with E-state index in [4.69, 9.17) is 5.73 Å². The topological polar surface area (TPSA) is 131 Å². The minimum Gasteiger partial charge on any atom is -0.365 e. The fourth-order valence-electron chi connectivity index (χ4n) is 4.95. The Bertz CT molecular complexity index is 1260. The predicted octanol–water partition coefficient (Wildman–Crippen LogP) is 3.82. The summed E-state index contributed by atoms with van der Waals surface area (Å²) in [6.07, 6.45) is 8.59. The average molecular weight is 541 g/mol. The maximum atomic E-state index is 12.8. The number of aromatic nitrogens is 2. The van der Waals surface area contributed by atoms with Gasteiger partial charge in [0.1, 0.15) is 5.56 Å². The Balaban J connectivity index is 1.53. The van der Waals surface area contributed by atoms with E-state index in [2.05, 4.69) is 27.6 Å². The molecule has 0 spiro atoms. The van der Waals surface area contributed by atoms with Crippen LogP contribution < -0.4 is 16.4 Å². The van der Waals surface area contributed by atoms with Gasteiger partial charge in [0.15, 0.2) is 5.82 Å². The zero-order valence-corrected chi connectivity index (χ0v) is 21.4. The smallest absolute Gasteiger partial charge is 0.365 e. The van der Waals surface area contributed by atoms with Gasteiger partial charge in [-0.3, -0.25) is 9.48 Å². The van der Waals surface area contributed by atoms with Crippen molar-refractivity contribution in [3.8, 4) is 0 Å². The van der Waals surface area contributed by atoms with Crippen LogP contribution in [0.1, 0.15) is 55.4 Å². The second-order valence-corrected chi connectivity index (χ2v) is 11.7. The molecule has 2 fully saturated rings. The summed E-state index contributed by atoms with van der Waals surface area (Å²) in [7, 11) is -3.75. The van der Waals surface area contributed by atoms with E-state index in [1.54, 1.807) is 17.9 Å². The van der Waals surface area contributed by atoms with Crippen LogP contribution in [0.5, 0.6) is 0 Å². The summed E-state index contributed by atoms with van der Waals surface area (Å²) < 4.78 is 63.4. The van der Waals surface area contributed by atoms with Crippen molar-refractivity contribution in [1.29, 1.82) is 0 Å². The van der Waals surface area contributed by atoms with Gasteiger partial charge in [-0.05, 0) is 69.2 Å².